The first-order valence-corrected chi connectivity index (χ1v) is 10.7. The maximum atomic E-state index is 13.8. The van der Waals surface area contributed by atoms with Gasteiger partial charge in [-0.2, -0.15) is 13.2 Å². The SMILES string of the molecule is CO[C@@H]1C[C@H](S(=O)(=O)c2ccc(-c3cncc(Cl)c3)cc2C(F)(F)F)C[C@H]1C(=O)O. The number of aliphatic carboxylic acids is 1. The van der Waals surface area contributed by atoms with Crippen LogP contribution in [0, 0.1) is 5.92 Å². The predicted molar refractivity (Wildman–Crippen MR) is 102 cm³/mol. The van der Waals surface area contributed by atoms with Crippen molar-refractivity contribution in [3.05, 3.63) is 47.2 Å². The summed E-state index contributed by atoms with van der Waals surface area (Å²) < 4.78 is 72.4. The molecule has 3 rings (SSSR count). The summed E-state index contributed by atoms with van der Waals surface area (Å²) in [7, 11) is -3.23. The molecule has 0 radical (unpaired) electrons. The maximum Gasteiger partial charge on any atom is 0.417 e. The molecule has 0 amide bonds. The van der Waals surface area contributed by atoms with Gasteiger partial charge >= 0.3 is 12.1 Å². The second-order valence-electron chi connectivity index (χ2n) is 6.96. The highest BCUT2D eigenvalue weighted by Gasteiger charge is 2.47. The zero-order chi connectivity index (χ0) is 22.3. The van der Waals surface area contributed by atoms with Gasteiger partial charge in [0.05, 0.1) is 32.8 Å². The highest BCUT2D eigenvalue weighted by molar-refractivity contribution is 7.92. The fraction of sp³-hybridized carbons (Fsp3) is 0.368. The third-order valence-corrected chi connectivity index (χ3v) is 7.59. The van der Waals surface area contributed by atoms with Crippen LogP contribution in [0.3, 0.4) is 0 Å². The predicted octanol–water partition coefficient (Wildman–Crippen LogP) is 4.07. The molecule has 1 fully saturated rings. The number of carboxylic acids is 1. The van der Waals surface area contributed by atoms with Gasteiger partial charge in [0.1, 0.15) is 0 Å². The molecular formula is C19H17ClF3NO5S. The lowest BCUT2D eigenvalue weighted by molar-refractivity contribution is -0.145. The molecule has 0 bridgehead atoms. The normalized spacial score (nSPS) is 22.2. The molecule has 0 aliphatic heterocycles. The topological polar surface area (TPSA) is 93.6 Å². The molecule has 30 heavy (non-hydrogen) atoms. The van der Waals surface area contributed by atoms with Crippen molar-refractivity contribution in [3.63, 3.8) is 0 Å². The van der Waals surface area contributed by atoms with E-state index in [1.54, 1.807) is 0 Å². The van der Waals surface area contributed by atoms with Crippen LogP contribution in [-0.4, -0.2) is 42.9 Å². The van der Waals surface area contributed by atoms with Crippen LogP contribution in [0.25, 0.3) is 11.1 Å². The van der Waals surface area contributed by atoms with Crippen LogP contribution in [0.5, 0.6) is 0 Å². The smallest absolute Gasteiger partial charge is 0.417 e. The molecule has 1 aromatic heterocycles. The molecule has 0 spiro atoms. The zero-order valence-electron chi connectivity index (χ0n) is 15.6. The Labute approximate surface area is 175 Å². The number of carboxylic acid groups (broad SMARTS) is 1. The van der Waals surface area contributed by atoms with Crippen LogP contribution >= 0.6 is 11.6 Å². The number of hydrogen-bond acceptors (Lipinski definition) is 5. The van der Waals surface area contributed by atoms with Crippen molar-refractivity contribution in [3.8, 4) is 11.1 Å². The monoisotopic (exact) mass is 463 g/mol. The van der Waals surface area contributed by atoms with E-state index in [2.05, 4.69) is 4.98 Å². The van der Waals surface area contributed by atoms with E-state index in [4.69, 9.17) is 16.3 Å². The molecule has 1 aliphatic rings. The van der Waals surface area contributed by atoms with E-state index in [1.807, 2.05) is 0 Å². The van der Waals surface area contributed by atoms with E-state index in [1.165, 1.54) is 31.6 Å². The summed E-state index contributed by atoms with van der Waals surface area (Å²) in [6.07, 6.45) is -3.74. The maximum absolute atomic E-state index is 13.8. The number of nitrogens with zero attached hydrogens (tertiary/aromatic N) is 1. The third-order valence-electron chi connectivity index (χ3n) is 5.15. The van der Waals surface area contributed by atoms with E-state index >= 15 is 0 Å². The van der Waals surface area contributed by atoms with Gasteiger partial charge in [-0.1, -0.05) is 17.7 Å². The van der Waals surface area contributed by atoms with Crippen LogP contribution in [0.15, 0.2) is 41.6 Å². The number of halogens is 4. The number of benzene rings is 1. The summed E-state index contributed by atoms with van der Waals surface area (Å²) in [6.45, 7) is 0. The Bertz CT molecular complexity index is 1070. The van der Waals surface area contributed by atoms with Crippen molar-refractivity contribution in [2.24, 2.45) is 5.92 Å². The van der Waals surface area contributed by atoms with Gasteiger partial charge in [-0.25, -0.2) is 8.42 Å². The van der Waals surface area contributed by atoms with Crippen LogP contribution in [0.4, 0.5) is 13.2 Å². The van der Waals surface area contributed by atoms with Crippen molar-refractivity contribution in [2.75, 3.05) is 7.11 Å². The van der Waals surface area contributed by atoms with Crippen molar-refractivity contribution in [1.29, 1.82) is 0 Å². The lowest BCUT2D eigenvalue weighted by Gasteiger charge is -2.18. The van der Waals surface area contributed by atoms with E-state index in [9.17, 15) is 31.5 Å². The molecule has 1 saturated carbocycles. The standard InChI is InChI=1S/C19H17ClF3NO5S/c1-29-16-7-13(6-14(16)18(25)26)30(27,28)17-3-2-10(5-15(17)19(21,22)23)11-4-12(20)9-24-8-11/h2-5,8-9,13-14,16H,6-7H2,1H3,(H,25,26)/t13-,14-,16-/m1/s1. The van der Waals surface area contributed by atoms with Crippen molar-refractivity contribution < 1.29 is 36.2 Å². The Morgan fingerprint density at radius 1 is 1.20 bits per heavy atom. The van der Waals surface area contributed by atoms with Crippen molar-refractivity contribution in [1.82, 2.24) is 4.98 Å². The molecular weight excluding hydrogens is 447 g/mol. The van der Waals surface area contributed by atoms with E-state index in [-0.39, 0.29) is 23.4 Å². The Kier molecular flexibility index (Phi) is 6.13. The number of sulfone groups is 1. The van der Waals surface area contributed by atoms with Crippen LogP contribution < -0.4 is 0 Å². The van der Waals surface area contributed by atoms with E-state index in [0.717, 1.165) is 12.1 Å². The van der Waals surface area contributed by atoms with Gasteiger partial charge in [-0.05, 0) is 36.6 Å². The van der Waals surface area contributed by atoms with Gasteiger partial charge in [0.25, 0.3) is 0 Å². The fourth-order valence-electron chi connectivity index (χ4n) is 3.66. The largest absolute Gasteiger partial charge is 0.481 e. The Balaban J connectivity index is 2.08. The minimum absolute atomic E-state index is 0.0980. The van der Waals surface area contributed by atoms with Crippen LogP contribution in [0.1, 0.15) is 18.4 Å². The number of rotatable bonds is 5. The number of aromatic nitrogens is 1. The molecule has 1 N–H and O–H groups in total. The number of pyridine rings is 1. The molecule has 1 aromatic carbocycles. The minimum Gasteiger partial charge on any atom is -0.481 e. The van der Waals surface area contributed by atoms with E-state index in [0.29, 0.717) is 5.56 Å². The molecule has 6 nitrogen and oxygen atoms in total. The number of ether oxygens (including phenoxy) is 1. The fourth-order valence-corrected chi connectivity index (χ4v) is 5.83. The molecule has 0 saturated heterocycles. The quantitative estimate of drug-likeness (QED) is 0.718. The molecule has 11 heteroatoms. The van der Waals surface area contributed by atoms with Gasteiger partial charge in [0.15, 0.2) is 9.84 Å². The summed E-state index contributed by atoms with van der Waals surface area (Å²) in [5, 5.41) is 8.18. The second-order valence-corrected chi connectivity index (χ2v) is 9.59. The first-order valence-electron chi connectivity index (χ1n) is 8.76. The van der Waals surface area contributed by atoms with Crippen LogP contribution in [0.2, 0.25) is 5.02 Å². The zero-order valence-corrected chi connectivity index (χ0v) is 17.1. The third kappa shape index (κ3) is 4.30. The first kappa shape index (κ1) is 22.5. The van der Waals surface area contributed by atoms with Gasteiger partial charge < -0.3 is 9.84 Å². The number of hydrogen-bond donors (Lipinski definition) is 1. The summed E-state index contributed by atoms with van der Waals surface area (Å²) >= 11 is 5.84. The number of alkyl halides is 3. The highest BCUT2D eigenvalue weighted by Crippen LogP contribution is 2.42. The van der Waals surface area contributed by atoms with Crippen molar-refractivity contribution in [2.45, 2.75) is 35.3 Å². The Morgan fingerprint density at radius 2 is 1.90 bits per heavy atom. The average Bonchev–Trinajstić information content (AvgIpc) is 3.12. The summed E-state index contributed by atoms with van der Waals surface area (Å²) in [5.74, 6) is -2.36. The number of carbonyl (C=O) groups is 1. The Hall–Kier alpha value is -2.17. The van der Waals surface area contributed by atoms with Crippen molar-refractivity contribution >= 4 is 27.4 Å². The molecule has 0 unspecified atom stereocenters. The molecule has 162 valence electrons. The number of methoxy groups -OCH3 is 1. The Morgan fingerprint density at radius 3 is 2.43 bits per heavy atom. The molecule has 3 atom stereocenters. The average molecular weight is 464 g/mol. The molecule has 1 aliphatic carbocycles. The van der Waals surface area contributed by atoms with Gasteiger partial charge in [-0.3, -0.25) is 9.78 Å². The van der Waals surface area contributed by atoms with Crippen LogP contribution in [-0.2, 0) is 25.5 Å². The summed E-state index contributed by atoms with van der Waals surface area (Å²) in [5.41, 5.74) is -0.934. The lowest BCUT2D eigenvalue weighted by Crippen LogP contribution is -2.24. The van der Waals surface area contributed by atoms with E-state index < -0.39 is 49.7 Å². The van der Waals surface area contributed by atoms with Gasteiger partial charge in [0, 0.05) is 25.1 Å². The summed E-state index contributed by atoms with van der Waals surface area (Å²) in [4.78, 5) is 14.3. The second kappa shape index (κ2) is 8.16. The minimum atomic E-state index is -4.95. The summed E-state index contributed by atoms with van der Waals surface area (Å²) in [6, 6.07) is 4.28. The van der Waals surface area contributed by atoms with Gasteiger partial charge in [0.2, 0.25) is 0 Å². The lowest BCUT2D eigenvalue weighted by atomic mass is 10.0. The van der Waals surface area contributed by atoms with Gasteiger partial charge in [-0.15, -0.1) is 0 Å². The molecule has 1 heterocycles. The first-order chi connectivity index (χ1) is 13.9. The molecule has 2 aromatic rings. The highest BCUT2D eigenvalue weighted by atomic mass is 35.5.